The number of fused-ring (bicyclic) bond motifs is 1. The smallest absolute Gasteiger partial charge is 0.268 e. The summed E-state index contributed by atoms with van der Waals surface area (Å²) in [5.74, 6) is 0.295. The summed E-state index contributed by atoms with van der Waals surface area (Å²) >= 11 is 0. The lowest BCUT2D eigenvalue weighted by molar-refractivity contribution is 0.0994. The molecule has 3 rings (SSSR count). The number of benzene rings is 1. The van der Waals surface area contributed by atoms with Gasteiger partial charge in [0.05, 0.1) is 30.6 Å². The number of carbonyl (C=O) groups is 1. The van der Waals surface area contributed by atoms with Crippen molar-refractivity contribution in [2.45, 2.75) is 51.8 Å². The number of nitrogens with zero attached hydrogens (tertiary/aromatic N) is 3. The maximum atomic E-state index is 11.3. The number of rotatable bonds is 10. The number of aliphatic hydroxyl groups excluding tert-OH is 1. The number of carbonyl (C=O) groups excluding carboxylic acids is 1. The Bertz CT molecular complexity index is 929. The van der Waals surface area contributed by atoms with Gasteiger partial charge in [0, 0.05) is 25.0 Å². The van der Waals surface area contributed by atoms with Gasteiger partial charge in [0.25, 0.3) is 5.91 Å². The Labute approximate surface area is 164 Å². The number of unbranched alkanes of at least 4 members (excludes halogenated alkanes) is 1. The van der Waals surface area contributed by atoms with Gasteiger partial charge in [-0.25, -0.2) is 4.98 Å². The fraction of sp³-hybridized carbons (Fsp3) is 0.429. The average molecular weight is 384 g/mol. The molecule has 3 N–H and O–H groups in total. The van der Waals surface area contributed by atoms with Crippen LogP contribution < -0.4 is 10.5 Å². The number of amides is 1. The standard InChI is InChI=1S/C21H28N4O3/c1-3-4-11-28-17-6-5-16-7-9-24(20(16)12-17)10-8-19(15(2)26)25-13-18(21(22)27)23-14-25/h5-7,9,12-15,19,26H,3-4,8,10-11H2,1-2H3,(H2,22,27)/t15-,19+/m0/s1. The lowest BCUT2D eigenvalue weighted by Gasteiger charge is -2.22. The predicted octanol–water partition coefficient (Wildman–Crippen LogP) is 3.13. The quantitative estimate of drug-likeness (QED) is 0.525. The molecule has 0 aliphatic carbocycles. The average Bonchev–Trinajstić information content (AvgIpc) is 3.29. The van der Waals surface area contributed by atoms with Crippen LogP contribution in [0.15, 0.2) is 43.0 Å². The number of primary amides is 1. The molecule has 0 saturated carbocycles. The molecule has 2 atom stereocenters. The molecular formula is C21H28N4O3. The van der Waals surface area contributed by atoms with Crippen LogP contribution in [-0.2, 0) is 6.54 Å². The Hall–Kier alpha value is -2.80. The first-order valence-electron chi connectivity index (χ1n) is 9.72. The van der Waals surface area contributed by atoms with Crippen LogP contribution >= 0.6 is 0 Å². The number of aryl methyl sites for hydroxylation is 1. The molecule has 0 fully saturated rings. The molecule has 7 nitrogen and oxygen atoms in total. The lowest BCUT2D eigenvalue weighted by atomic mass is 10.1. The number of aliphatic hydroxyl groups is 1. The molecule has 150 valence electrons. The molecule has 0 aliphatic rings. The summed E-state index contributed by atoms with van der Waals surface area (Å²) in [5, 5.41) is 11.4. The molecule has 0 unspecified atom stereocenters. The molecule has 0 saturated heterocycles. The molecule has 2 heterocycles. The van der Waals surface area contributed by atoms with Crippen LogP contribution in [0, 0.1) is 0 Å². The normalized spacial score (nSPS) is 13.5. The second kappa shape index (κ2) is 8.93. The zero-order chi connectivity index (χ0) is 20.1. The fourth-order valence-electron chi connectivity index (χ4n) is 3.34. The summed E-state index contributed by atoms with van der Waals surface area (Å²) < 4.78 is 9.74. The van der Waals surface area contributed by atoms with E-state index in [4.69, 9.17) is 10.5 Å². The largest absolute Gasteiger partial charge is 0.494 e. The number of ether oxygens (including phenoxy) is 1. The van der Waals surface area contributed by atoms with Crippen molar-refractivity contribution in [1.82, 2.24) is 14.1 Å². The van der Waals surface area contributed by atoms with E-state index in [0.717, 1.165) is 36.1 Å². The Balaban J connectivity index is 1.74. The zero-order valence-corrected chi connectivity index (χ0v) is 16.4. The van der Waals surface area contributed by atoms with Crippen LogP contribution in [0.2, 0.25) is 0 Å². The van der Waals surface area contributed by atoms with E-state index in [9.17, 15) is 9.90 Å². The van der Waals surface area contributed by atoms with Crippen LogP contribution in [0.5, 0.6) is 5.75 Å². The van der Waals surface area contributed by atoms with Gasteiger partial charge >= 0.3 is 0 Å². The number of imidazole rings is 1. The van der Waals surface area contributed by atoms with Crippen molar-refractivity contribution in [3.05, 3.63) is 48.7 Å². The monoisotopic (exact) mass is 384 g/mol. The van der Waals surface area contributed by atoms with Crippen molar-refractivity contribution in [3.8, 4) is 5.75 Å². The van der Waals surface area contributed by atoms with Crippen molar-refractivity contribution in [3.63, 3.8) is 0 Å². The molecule has 1 amide bonds. The van der Waals surface area contributed by atoms with Gasteiger partial charge in [-0.3, -0.25) is 4.79 Å². The van der Waals surface area contributed by atoms with Gasteiger partial charge < -0.3 is 24.7 Å². The molecule has 2 aromatic heterocycles. The van der Waals surface area contributed by atoms with Crippen LogP contribution in [0.3, 0.4) is 0 Å². The van der Waals surface area contributed by atoms with Gasteiger partial charge in [-0.2, -0.15) is 0 Å². The molecule has 3 aromatic rings. The fourth-order valence-corrected chi connectivity index (χ4v) is 3.34. The van der Waals surface area contributed by atoms with Crippen molar-refractivity contribution in [2.75, 3.05) is 6.61 Å². The lowest BCUT2D eigenvalue weighted by Crippen LogP contribution is -2.22. The van der Waals surface area contributed by atoms with Crippen molar-refractivity contribution < 1.29 is 14.6 Å². The molecule has 7 heteroatoms. The molecule has 0 spiro atoms. The minimum atomic E-state index is -0.593. The van der Waals surface area contributed by atoms with E-state index in [0.29, 0.717) is 13.0 Å². The Morgan fingerprint density at radius 3 is 2.86 bits per heavy atom. The Kier molecular flexibility index (Phi) is 6.36. The van der Waals surface area contributed by atoms with Crippen LogP contribution in [-0.4, -0.2) is 37.8 Å². The number of hydrogen-bond acceptors (Lipinski definition) is 4. The maximum absolute atomic E-state index is 11.3. The van der Waals surface area contributed by atoms with E-state index >= 15 is 0 Å². The van der Waals surface area contributed by atoms with Crippen LogP contribution in [0.1, 0.15) is 49.6 Å². The summed E-state index contributed by atoms with van der Waals surface area (Å²) in [7, 11) is 0. The van der Waals surface area contributed by atoms with Gasteiger partial charge in [-0.1, -0.05) is 13.3 Å². The molecule has 1 aromatic carbocycles. The first kappa shape index (κ1) is 19.9. The first-order chi connectivity index (χ1) is 13.5. The predicted molar refractivity (Wildman–Crippen MR) is 108 cm³/mol. The van der Waals surface area contributed by atoms with Gasteiger partial charge in [0.15, 0.2) is 0 Å². The number of aromatic nitrogens is 3. The van der Waals surface area contributed by atoms with E-state index in [2.05, 4.69) is 34.7 Å². The van der Waals surface area contributed by atoms with Crippen molar-refractivity contribution >= 4 is 16.8 Å². The summed E-state index contributed by atoms with van der Waals surface area (Å²) in [5.41, 5.74) is 6.58. The van der Waals surface area contributed by atoms with Crippen molar-refractivity contribution in [2.24, 2.45) is 5.73 Å². The third-order valence-corrected chi connectivity index (χ3v) is 4.97. The third-order valence-electron chi connectivity index (χ3n) is 4.97. The minimum absolute atomic E-state index is 0.200. The van der Waals surface area contributed by atoms with Gasteiger partial charge in [-0.15, -0.1) is 0 Å². The first-order valence-corrected chi connectivity index (χ1v) is 9.72. The topological polar surface area (TPSA) is 95.3 Å². The summed E-state index contributed by atoms with van der Waals surface area (Å²) in [6.45, 7) is 5.31. The van der Waals surface area contributed by atoms with E-state index in [1.807, 2.05) is 12.3 Å². The van der Waals surface area contributed by atoms with Gasteiger partial charge in [0.1, 0.15) is 11.4 Å². The highest BCUT2D eigenvalue weighted by atomic mass is 16.5. The van der Waals surface area contributed by atoms with Gasteiger partial charge in [0.2, 0.25) is 0 Å². The van der Waals surface area contributed by atoms with E-state index in [1.54, 1.807) is 24.0 Å². The SMILES string of the molecule is CCCCOc1ccc2ccn(CC[C@H]([C@H](C)O)n3cnc(C(N)=O)c3)c2c1. The molecule has 0 aliphatic heterocycles. The van der Waals surface area contributed by atoms with Crippen molar-refractivity contribution in [1.29, 1.82) is 0 Å². The molecular weight excluding hydrogens is 356 g/mol. The van der Waals surface area contributed by atoms with Crippen LogP contribution in [0.4, 0.5) is 0 Å². The summed E-state index contributed by atoms with van der Waals surface area (Å²) in [4.78, 5) is 15.3. The summed E-state index contributed by atoms with van der Waals surface area (Å²) in [6.07, 6.45) is 7.40. The van der Waals surface area contributed by atoms with Crippen LogP contribution in [0.25, 0.3) is 10.9 Å². The second-order valence-corrected chi connectivity index (χ2v) is 7.10. The number of nitrogens with two attached hydrogens (primary N) is 1. The Morgan fingerprint density at radius 2 is 2.18 bits per heavy atom. The van der Waals surface area contributed by atoms with E-state index in [1.165, 1.54) is 0 Å². The van der Waals surface area contributed by atoms with E-state index < -0.39 is 12.0 Å². The second-order valence-electron chi connectivity index (χ2n) is 7.10. The molecule has 0 bridgehead atoms. The maximum Gasteiger partial charge on any atom is 0.268 e. The summed E-state index contributed by atoms with van der Waals surface area (Å²) in [6, 6.07) is 7.99. The highest BCUT2D eigenvalue weighted by Gasteiger charge is 2.19. The van der Waals surface area contributed by atoms with E-state index in [-0.39, 0.29) is 11.7 Å². The third kappa shape index (κ3) is 4.54. The highest BCUT2D eigenvalue weighted by Crippen LogP contribution is 2.25. The zero-order valence-electron chi connectivity index (χ0n) is 16.4. The highest BCUT2D eigenvalue weighted by molar-refractivity contribution is 5.90. The van der Waals surface area contributed by atoms with Gasteiger partial charge in [-0.05, 0) is 43.4 Å². The number of hydrogen-bond donors (Lipinski definition) is 2. The Morgan fingerprint density at radius 1 is 1.36 bits per heavy atom. The molecule has 0 radical (unpaired) electrons. The minimum Gasteiger partial charge on any atom is -0.494 e. The molecule has 28 heavy (non-hydrogen) atoms.